The molecule has 0 radical (unpaired) electrons. The molecule has 0 unspecified atom stereocenters. The van der Waals surface area contributed by atoms with Gasteiger partial charge in [0.15, 0.2) is 0 Å². The molecule has 2 nitrogen and oxygen atoms in total. The number of aryl methyl sites for hydroxylation is 1. The smallest absolute Gasteiger partial charge is 0.0711 e. The quantitative estimate of drug-likeness (QED) is 0.403. The Balaban J connectivity index is 1.73. The van der Waals surface area contributed by atoms with Gasteiger partial charge < -0.3 is 5.32 Å². The van der Waals surface area contributed by atoms with Crippen molar-refractivity contribution in [3.8, 4) is 33.5 Å². The van der Waals surface area contributed by atoms with Crippen LogP contribution in [0.25, 0.3) is 39.2 Å². The molecular formula is C29H24N2. The van der Waals surface area contributed by atoms with E-state index in [1.165, 1.54) is 33.4 Å². The van der Waals surface area contributed by atoms with Gasteiger partial charge in [-0.05, 0) is 59.0 Å². The van der Waals surface area contributed by atoms with E-state index >= 15 is 0 Å². The molecule has 1 aliphatic heterocycles. The molecule has 0 aliphatic carbocycles. The Kier molecular flexibility index (Phi) is 5.20. The highest BCUT2D eigenvalue weighted by atomic mass is 14.9. The minimum absolute atomic E-state index is 0.847. The van der Waals surface area contributed by atoms with E-state index in [-0.39, 0.29) is 0 Å². The summed E-state index contributed by atoms with van der Waals surface area (Å²) in [5, 5.41) is 3.51. The number of pyridine rings is 1. The van der Waals surface area contributed by atoms with E-state index in [4.69, 9.17) is 4.98 Å². The lowest BCUT2D eigenvalue weighted by molar-refractivity contribution is 0.996. The van der Waals surface area contributed by atoms with Crippen molar-refractivity contribution in [2.45, 2.75) is 6.92 Å². The third-order valence-electron chi connectivity index (χ3n) is 5.63. The summed E-state index contributed by atoms with van der Waals surface area (Å²) in [6.07, 6.45) is 8.28. The van der Waals surface area contributed by atoms with Crippen LogP contribution in [0.1, 0.15) is 11.1 Å². The molecule has 1 aromatic heterocycles. The Morgan fingerprint density at radius 3 is 2.26 bits per heavy atom. The first kappa shape index (κ1) is 19.1. The zero-order valence-corrected chi connectivity index (χ0v) is 17.5. The summed E-state index contributed by atoms with van der Waals surface area (Å²) >= 11 is 0. The van der Waals surface area contributed by atoms with Crippen molar-refractivity contribution >= 4 is 5.70 Å². The Morgan fingerprint density at radius 1 is 0.710 bits per heavy atom. The molecule has 0 bridgehead atoms. The van der Waals surface area contributed by atoms with Crippen LogP contribution in [0, 0.1) is 6.92 Å². The van der Waals surface area contributed by atoms with Gasteiger partial charge >= 0.3 is 0 Å². The van der Waals surface area contributed by atoms with Crippen molar-refractivity contribution in [1.82, 2.24) is 10.3 Å². The van der Waals surface area contributed by atoms with Crippen molar-refractivity contribution in [3.05, 3.63) is 120 Å². The van der Waals surface area contributed by atoms with Crippen LogP contribution in [0.5, 0.6) is 0 Å². The maximum absolute atomic E-state index is 4.73. The van der Waals surface area contributed by atoms with Gasteiger partial charge in [-0.2, -0.15) is 0 Å². The molecule has 3 aromatic carbocycles. The van der Waals surface area contributed by atoms with E-state index in [1.54, 1.807) is 0 Å². The lowest BCUT2D eigenvalue weighted by Gasteiger charge is -2.19. The van der Waals surface area contributed by atoms with Crippen molar-refractivity contribution in [1.29, 1.82) is 0 Å². The topological polar surface area (TPSA) is 24.9 Å². The van der Waals surface area contributed by atoms with E-state index in [0.717, 1.165) is 23.5 Å². The predicted molar refractivity (Wildman–Crippen MR) is 130 cm³/mol. The third kappa shape index (κ3) is 3.93. The summed E-state index contributed by atoms with van der Waals surface area (Å²) in [4.78, 5) is 4.73. The van der Waals surface area contributed by atoms with Gasteiger partial charge in [0.25, 0.3) is 0 Å². The molecule has 0 spiro atoms. The molecule has 31 heavy (non-hydrogen) atoms. The average Bonchev–Trinajstić information content (AvgIpc) is 2.85. The van der Waals surface area contributed by atoms with Crippen molar-refractivity contribution in [2.75, 3.05) is 6.54 Å². The number of nitrogens with one attached hydrogen (secondary N) is 1. The van der Waals surface area contributed by atoms with Gasteiger partial charge in [0, 0.05) is 29.6 Å². The number of hydrogen-bond acceptors (Lipinski definition) is 2. The maximum atomic E-state index is 4.73. The minimum Gasteiger partial charge on any atom is -0.381 e. The molecule has 0 amide bonds. The van der Waals surface area contributed by atoms with Gasteiger partial charge in [-0.15, -0.1) is 0 Å². The van der Waals surface area contributed by atoms with Gasteiger partial charge in [0.1, 0.15) is 0 Å². The second-order valence-electron chi connectivity index (χ2n) is 7.78. The molecule has 1 N–H and O–H groups in total. The summed E-state index contributed by atoms with van der Waals surface area (Å²) < 4.78 is 0. The maximum Gasteiger partial charge on any atom is 0.0711 e. The number of rotatable bonds is 4. The monoisotopic (exact) mass is 400 g/mol. The van der Waals surface area contributed by atoms with Gasteiger partial charge in [-0.3, -0.25) is 4.98 Å². The summed E-state index contributed by atoms with van der Waals surface area (Å²) in [5.41, 5.74) is 10.5. The second-order valence-corrected chi connectivity index (χ2v) is 7.78. The van der Waals surface area contributed by atoms with Gasteiger partial charge in [-0.1, -0.05) is 78.9 Å². The predicted octanol–water partition coefficient (Wildman–Crippen LogP) is 6.89. The highest BCUT2D eigenvalue weighted by molar-refractivity contribution is 5.91. The Morgan fingerprint density at radius 2 is 1.48 bits per heavy atom. The summed E-state index contributed by atoms with van der Waals surface area (Å²) in [7, 11) is 0. The van der Waals surface area contributed by atoms with Crippen LogP contribution in [0.4, 0.5) is 0 Å². The number of dihydropyridines is 1. The third-order valence-corrected chi connectivity index (χ3v) is 5.63. The van der Waals surface area contributed by atoms with Crippen molar-refractivity contribution in [3.63, 3.8) is 0 Å². The molecule has 0 saturated carbocycles. The van der Waals surface area contributed by atoms with Crippen molar-refractivity contribution < 1.29 is 0 Å². The van der Waals surface area contributed by atoms with Gasteiger partial charge in [-0.25, -0.2) is 0 Å². The standard InChI is InChI=1S/C29H24N2/c1-21-16-18-31-29(19-21)27-20-23(22-9-3-2-4-10-22)14-15-25(27)24-11-5-6-12-26(24)28-13-7-8-17-30-28/h2-16,18-20,30H,17H2,1H3. The molecule has 5 rings (SSSR count). The molecule has 0 fully saturated rings. The van der Waals surface area contributed by atoms with Crippen LogP contribution in [0.3, 0.4) is 0 Å². The van der Waals surface area contributed by atoms with Crippen molar-refractivity contribution in [2.24, 2.45) is 0 Å². The summed E-state index contributed by atoms with van der Waals surface area (Å²) in [6.45, 7) is 2.96. The van der Waals surface area contributed by atoms with E-state index in [9.17, 15) is 0 Å². The number of nitrogens with zero attached hydrogens (tertiary/aromatic N) is 1. The molecule has 2 heterocycles. The molecule has 1 aliphatic rings. The number of benzene rings is 3. The number of hydrogen-bond donors (Lipinski definition) is 1. The van der Waals surface area contributed by atoms with E-state index < -0.39 is 0 Å². The second kappa shape index (κ2) is 8.45. The van der Waals surface area contributed by atoms with Crippen LogP contribution in [-0.2, 0) is 0 Å². The van der Waals surface area contributed by atoms with Crippen LogP contribution >= 0.6 is 0 Å². The fourth-order valence-electron chi connectivity index (χ4n) is 4.08. The molecular weight excluding hydrogens is 376 g/mol. The van der Waals surface area contributed by atoms with E-state index in [2.05, 4.69) is 109 Å². The molecule has 2 heteroatoms. The SMILES string of the molecule is Cc1ccnc(-c2cc(-c3ccccc3)ccc2-c2ccccc2C2=CC=CCN2)c1. The van der Waals surface area contributed by atoms with Crippen LogP contribution < -0.4 is 5.32 Å². The summed E-state index contributed by atoms with van der Waals surface area (Å²) in [5.74, 6) is 0. The first-order valence-electron chi connectivity index (χ1n) is 10.6. The normalized spacial score (nSPS) is 12.9. The zero-order chi connectivity index (χ0) is 21.0. The highest BCUT2D eigenvalue weighted by Crippen LogP contribution is 2.38. The Hall–Kier alpha value is -3.91. The summed E-state index contributed by atoms with van der Waals surface area (Å²) in [6, 6.07) is 30.0. The van der Waals surface area contributed by atoms with Gasteiger partial charge in [0.2, 0.25) is 0 Å². The molecule has 150 valence electrons. The van der Waals surface area contributed by atoms with Crippen LogP contribution in [-0.4, -0.2) is 11.5 Å². The molecule has 0 saturated heterocycles. The first-order chi connectivity index (χ1) is 15.3. The average molecular weight is 401 g/mol. The van der Waals surface area contributed by atoms with E-state index in [0.29, 0.717) is 0 Å². The van der Waals surface area contributed by atoms with E-state index in [1.807, 2.05) is 12.3 Å². The first-order valence-corrected chi connectivity index (χ1v) is 10.6. The fraction of sp³-hybridized carbons (Fsp3) is 0.0690. The van der Waals surface area contributed by atoms with Crippen LogP contribution in [0.15, 0.2) is 109 Å². The largest absolute Gasteiger partial charge is 0.381 e. The molecule has 0 atom stereocenters. The van der Waals surface area contributed by atoms with Crippen LogP contribution in [0.2, 0.25) is 0 Å². The Labute approximate surface area is 183 Å². The number of allylic oxidation sites excluding steroid dienone is 2. The fourth-order valence-corrected chi connectivity index (χ4v) is 4.08. The zero-order valence-electron chi connectivity index (χ0n) is 17.5. The lowest BCUT2D eigenvalue weighted by atomic mass is 9.89. The molecule has 4 aromatic rings. The Bertz CT molecular complexity index is 1280. The highest BCUT2D eigenvalue weighted by Gasteiger charge is 2.16. The lowest BCUT2D eigenvalue weighted by Crippen LogP contribution is -2.14. The number of aromatic nitrogens is 1. The minimum atomic E-state index is 0.847. The van der Waals surface area contributed by atoms with Gasteiger partial charge in [0.05, 0.1) is 5.69 Å².